The van der Waals surface area contributed by atoms with Crippen LogP contribution < -0.4 is 5.43 Å². The van der Waals surface area contributed by atoms with Crippen LogP contribution in [0.5, 0.6) is 0 Å². The van der Waals surface area contributed by atoms with E-state index in [0.717, 1.165) is 0 Å². The number of aromatic nitrogens is 4. The highest BCUT2D eigenvalue weighted by molar-refractivity contribution is 6.01. The highest BCUT2D eigenvalue weighted by Gasteiger charge is 2.14. The average Bonchev–Trinajstić information content (AvgIpc) is 3.06. The first-order valence-electron chi connectivity index (χ1n) is 7.95. The summed E-state index contributed by atoms with van der Waals surface area (Å²) < 4.78 is 15.3. The molecular weight excluding hydrogens is 333 g/mol. The first-order valence-corrected chi connectivity index (χ1v) is 7.95. The van der Waals surface area contributed by atoms with Crippen molar-refractivity contribution in [2.45, 2.75) is 6.92 Å². The second kappa shape index (κ2) is 6.36. The Balaban J connectivity index is 1.63. The van der Waals surface area contributed by atoms with Gasteiger partial charge >= 0.3 is 0 Å². The summed E-state index contributed by atoms with van der Waals surface area (Å²) in [4.78, 5) is 25.4. The van der Waals surface area contributed by atoms with E-state index >= 15 is 0 Å². The number of pyridine rings is 1. The Labute approximate surface area is 148 Å². The molecule has 1 N–H and O–H groups in total. The van der Waals surface area contributed by atoms with Crippen LogP contribution in [0.2, 0.25) is 0 Å². The highest BCUT2D eigenvalue weighted by atomic mass is 19.1. The molecule has 0 bridgehead atoms. The molecule has 1 amide bonds. The van der Waals surface area contributed by atoms with E-state index in [-0.39, 0.29) is 11.7 Å². The summed E-state index contributed by atoms with van der Waals surface area (Å²) >= 11 is 0. The highest BCUT2D eigenvalue weighted by Crippen LogP contribution is 2.18. The summed E-state index contributed by atoms with van der Waals surface area (Å²) in [6.45, 7) is 1.73. The van der Waals surface area contributed by atoms with Crippen LogP contribution in [0.4, 0.5) is 4.39 Å². The van der Waals surface area contributed by atoms with E-state index in [0.29, 0.717) is 33.7 Å². The van der Waals surface area contributed by atoms with Crippen molar-refractivity contribution >= 4 is 16.8 Å². The van der Waals surface area contributed by atoms with E-state index in [4.69, 9.17) is 0 Å². The van der Waals surface area contributed by atoms with Crippen molar-refractivity contribution in [3.05, 3.63) is 78.1 Å². The Bertz CT molecular complexity index is 1110. The monoisotopic (exact) mass is 347 g/mol. The Morgan fingerprint density at radius 2 is 2.00 bits per heavy atom. The van der Waals surface area contributed by atoms with Crippen LogP contribution >= 0.6 is 0 Å². The molecule has 3 aromatic heterocycles. The Hall–Kier alpha value is -3.61. The Kier molecular flexibility index (Phi) is 3.89. The van der Waals surface area contributed by atoms with Gasteiger partial charge in [0.25, 0.3) is 5.91 Å². The van der Waals surface area contributed by atoms with Crippen molar-refractivity contribution < 1.29 is 9.18 Å². The van der Waals surface area contributed by atoms with Crippen molar-refractivity contribution in [2.24, 2.45) is 0 Å². The van der Waals surface area contributed by atoms with Crippen molar-refractivity contribution in [1.82, 2.24) is 19.6 Å². The van der Waals surface area contributed by atoms with Crippen molar-refractivity contribution in [3.8, 4) is 11.5 Å². The van der Waals surface area contributed by atoms with Gasteiger partial charge in [-0.1, -0.05) is 12.1 Å². The molecule has 0 spiro atoms. The summed E-state index contributed by atoms with van der Waals surface area (Å²) in [5.74, 6) is -0.264. The minimum Gasteiger partial charge on any atom is -0.267 e. The van der Waals surface area contributed by atoms with Crippen molar-refractivity contribution in [3.63, 3.8) is 0 Å². The molecule has 4 aromatic rings. The number of hydrogen-bond acceptors (Lipinski definition) is 4. The minimum absolute atomic E-state index is 0.336. The Morgan fingerprint density at radius 3 is 2.77 bits per heavy atom. The Morgan fingerprint density at radius 1 is 1.12 bits per heavy atom. The van der Waals surface area contributed by atoms with E-state index in [9.17, 15) is 9.18 Å². The molecule has 26 heavy (non-hydrogen) atoms. The normalized spacial score (nSPS) is 10.8. The van der Waals surface area contributed by atoms with Crippen molar-refractivity contribution in [2.75, 3.05) is 5.43 Å². The zero-order chi connectivity index (χ0) is 18.1. The van der Waals surface area contributed by atoms with Crippen LogP contribution in [0.3, 0.4) is 0 Å². The second-order valence-electron chi connectivity index (χ2n) is 5.71. The number of benzene rings is 1. The van der Waals surface area contributed by atoms with Gasteiger partial charge in [0.05, 0.1) is 16.8 Å². The lowest BCUT2D eigenvalue weighted by atomic mass is 10.2. The van der Waals surface area contributed by atoms with Crippen LogP contribution in [-0.2, 0) is 0 Å². The summed E-state index contributed by atoms with van der Waals surface area (Å²) in [6.07, 6.45) is 4.73. The van der Waals surface area contributed by atoms with E-state index in [1.807, 2.05) is 12.1 Å². The van der Waals surface area contributed by atoms with E-state index in [2.05, 4.69) is 20.4 Å². The van der Waals surface area contributed by atoms with Crippen molar-refractivity contribution in [1.29, 1.82) is 0 Å². The largest absolute Gasteiger partial charge is 0.273 e. The third-order valence-electron chi connectivity index (χ3n) is 4.02. The molecule has 128 valence electrons. The third-order valence-corrected chi connectivity index (χ3v) is 4.02. The summed E-state index contributed by atoms with van der Waals surface area (Å²) in [7, 11) is 0. The first kappa shape index (κ1) is 15.9. The van der Waals surface area contributed by atoms with Gasteiger partial charge < -0.3 is 0 Å². The van der Waals surface area contributed by atoms with Gasteiger partial charge in [-0.25, -0.2) is 14.4 Å². The number of nitrogens with zero attached hydrogens (tertiary/aromatic N) is 4. The molecular formula is C19H14FN5O. The lowest BCUT2D eigenvalue weighted by molar-refractivity contribution is 0.101. The zero-order valence-electron chi connectivity index (χ0n) is 13.8. The molecule has 0 fully saturated rings. The topological polar surface area (TPSA) is 72.7 Å². The predicted molar refractivity (Wildman–Crippen MR) is 95.6 cm³/mol. The standard InChI is InChI=1S/C19H14FN5O/c1-12-14(11-22-18(23-12)16-6-2-3-9-21-16)19(26)24-25-10-8-13-15(20)5-4-7-17(13)25/h2-11H,1H3,(H,24,26). The molecule has 0 saturated heterocycles. The van der Waals surface area contributed by atoms with Gasteiger partial charge in [0, 0.05) is 24.0 Å². The zero-order valence-corrected chi connectivity index (χ0v) is 13.8. The summed E-state index contributed by atoms with van der Waals surface area (Å²) in [6, 6.07) is 11.8. The fourth-order valence-electron chi connectivity index (χ4n) is 2.71. The fraction of sp³-hybridized carbons (Fsp3) is 0.0526. The van der Waals surface area contributed by atoms with Gasteiger partial charge in [-0.15, -0.1) is 0 Å². The second-order valence-corrected chi connectivity index (χ2v) is 5.71. The molecule has 3 heterocycles. The molecule has 0 aliphatic carbocycles. The lowest BCUT2D eigenvalue weighted by Crippen LogP contribution is -2.23. The van der Waals surface area contributed by atoms with Gasteiger partial charge in [0.2, 0.25) is 0 Å². The molecule has 0 aliphatic rings. The van der Waals surface area contributed by atoms with E-state index in [1.165, 1.54) is 16.9 Å². The number of hydrogen-bond donors (Lipinski definition) is 1. The number of carbonyl (C=O) groups excluding carboxylic acids is 1. The van der Waals surface area contributed by atoms with Crippen LogP contribution in [-0.4, -0.2) is 25.5 Å². The quantitative estimate of drug-likeness (QED) is 0.617. The molecule has 6 nitrogen and oxygen atoms in total. The molecule has 0 unspecified atom stereocenters. The molecule has 4 rings (SSSR count). The van der Waals surface area contributed by atoms with Crippen LogP contribution in [0.25, 0.3) is 22.4 Å². The number of carbonyl (C=O) groups is 1. The summed E-state index contributed by atoms with van der Waals surface area (Å²) in [5.41, 5.74) is 4.79. The predicted octanol–water partition coefficient (Wildman–Crippen LogP) is 3.32. The number of halogens is 1. The average molecular weight is 347 g/mol. The maximum absolute atomic E-state index is 13.8. The third kappa shape index (κ3) is 2.79. The smallest absolute Gasteiger partial charge is 0.267 e. The molecule has 0 aliphatic heterocycles. The van der Waals surface area contributed by atoms with Crippen LogP contribution in [0.1, 0.15) is 16.1 Å². The van der Waals surface area contributed by atoms with Crippen LogP contribution in [0, 0.1) is 12.7 Å². The van der Waals surface area contributed by atoms with Gasteiger partial charge in [0.15, 0.2) is 5.82 Å². The minimum atomic E-state index is -0.378. The van der Waals surface area contributed by atoms with Crippen LogP contribution in [0.15, 0.2) is 61.1 Å². The number of fused-ring (bicyclic) bond motifs is 1. The maximum atomic E-state index is 13.8. The van der Waals surface area contributed by atoms with Gasteiger partial charge in [-0.2, -0.15) is 0 Å². The molecule has 7 heteroatoms. The number of aryl methyl sites for hydroxylation is 1. The van der Waals surface area contributed by atoms with E-state index < -0.39 is 0 Å². The first-order chi connectivity index (χ1) is 12.6. The maximum Gasteiger partial charge on any atom is 0.273 e. The number of nitrogens with one attached hydrogen (secondary N) is 1. The van der Waals surface area contributed by atoms with Gasteiger partial charge in [0.1, 0.15) is 11.5 Å². The number of amides is 1. The summed E-state index contributed by atoms with van der Waals surface area (Å²) in [5, 5.41) is 0.436. The van der Waals surface area contributed by atoms with Gasteiger partial charge in [-0.05, 0) is 37.3 Å². The molecule has 0 atom stereocenters. The molecule has 1 aromatic carbocycles. The molecule has 0 saturated carbocycles. The van der Waals surface area contributed by atoms with E-state index in [1.54, 1.807) is 43.6 Å². The molecule has 0 radical (unpaired) electrons. The fourth-order valence-corrected chi connectivity index (χ4v) is 2.71. The number of rotatable bonds is 3. The van der Waals surface area contributed by atoms with Gasteiger partial charge in [-0.3, -0.25) is 19.9 Å². The SMILES string of the molecule is Cc1nc(-c2ccccn2)ncc1C(=O)Nn1ccc2c(F)cccc21. The lowest BCUT2D eigenvalue weighted by Gasteiger charge is -2.10.